The minimum Gasteiger partial charge on any atom is -0.484 e. The summed E-state index contributed by atoms with van der Waals surface area (Å²) in [6, 6.07) is 11.6. The number of nitrogens with one attached hydrogen (secondary N) is 2. The molecule has 0 saturated carbocycles. The molecule has 0 aliphatic heterocycles. The van der Waals surface area contributed by atoms with Gasteiger partial charge in [0.15, 0.2) is 6.61 Å². The van der Waals surface area contributed by atoms with E-state index < -0.39 is 24.3 Å². The Kier molecular flexibility index (Phi) is 6.68. The molecule has 2 N–H and O–H groups in total. The van der Waals surface area contributed by atoms with Gasteiger partial charge in [-0.25, -0.2) is 4.98 Å². The van der Waals surface area contributed by atoms with Crippen LogP contribution in [0.25, 0.3) is 11.0 Å². The Labute approximate surface area is 170 Å². The van der Waals surface area contributed by atoms with E-state index in [1.165, 1.54) is 12.1 Å². The van der Waals surface area contributed by atoms with Gasteiger partial charge in [-0.1, -0.05) is 18.2 Å². The topological polar surface area (TPSA) is 67.0 Å². The Balaban J connectivity index is 1.66. The van der Waals surface area contributed by atoms with Gasteiger partial charge in [0.05, 0.1) is 22.6 Å². The minimum absolute atomic E-state index is 0.0145. The first-order chi connectivity index (χ1) is 13.9. The van der Waals surface area contributed by atoms with Crippen LogP contribution in [0.4, 0.5) is 13.2 Å². The fourth-order valence-electron chi connectivity index (χ4n) is 2.80. The lowest BCUT2D eigenvalue weighted by atomic mass is 10.2. The number of amides is 1. The summed E-state index contributed by atoms with van der Waals surface area (Å²) in [7, 11) is 0. The number of thioether (sulfide) groups is 1. The quantitative estimate of drug-likeness (QED) is 0.557. The smallest absolute Gasteiger partial charge is 0.416 e. The van der Waals surface area contributed by atoms with E-state index in [9.17, 15) is 18.0 Å². The lowest BCUT2D eigenvalue weighted by Crippen LogP contribution is -2.33. The highest BCUT2D eigenvalue weighted by Crippen LogP contribution is 2.31. The molecule has 1 unspecified atom stereocenters. The molecule has 0 fully saturated rings. The lowest BCUT2D eigenvalue weighted by molar-refractivity contribution is -0.137. The van der Waals surface area contributed by atoms with Crippen molar-refractivity contribution < 1.29 is 22.7 Å². The standard InChI is InChI=1S/C20H20F3N3O2S/c1-29-10-9-17(19-25-15-7-2-3-8-16(15)26-19)24-18(27)12-28-14-6-4-5-13(11-14)20(21,22)23/h2-8,11,17H,9-10,12H2,1H3,(H,24,27)(H,25,26). The van der Waals surface area contributed by atoms with Crippen molar-refractivity contribution in [1.82, 2.24) is 15.3 Å². The molecule has 9 heteroatoms. The van der Waals surface area contributed by atoms with Crippen LogP contribution in [0.1, 0.15) is 23.9 Å². The second-order valence-corrected chi connectivity index (χ2v) is 7.34. The summed E-state index contributed by atoms with van der Waals surface area (Å²) in [6.07, 6.45) is -1.85. The van der Waals surface area contributed by atoms with Crippen LogP contribution < -0.4 is 10.1 Å². The van der Waals surface area contributed by atoms with Crippen molar-refractivity contribution in [2.24, 2.45) is 0 Å². The van der Waals surface area contributed by atoms with Gasteiger partial charge in [-0.15, -0.1) is 0 Å². The Morgan fingerprint density at radius 2 is 2.03 bits per heavy atom. The first-order valence-electron chi connectivity index (χ1n) is 8.90. The molecule has 2 aromatic carbocycles. The van der Waals surface area contributed by atoms with Crippen molar-refractivity contribution in [1.29, 1.82) is 0 Å². The number of alkyl halides is 3. The van der Waals surface area contributed by atoms with Gasteiger partial charge in [-0.3, -0.25) is 4.79 Å². The summed E-state index contributed by atoms with van der Waals surface area (Å²) in [6.45, 7) is -0.392. The number of aromatic amines is 1. The minimum atomic E-state index is -4.47. The van der Waals surface area contributed by atoms with Crippen molar-refractivity contribution >= 4 is 28.7 Å². The molecule has 1 aromatic heterocycles. The number of carbonyl (C=O) groups is 1. The lowest BCUT2D eigenvalue weighted by Gasteiger charge is -2.17. The largest absolute Gasteiger partial charge is 0.484 e. The Morgan fingerprint density at radius 3 is 2.76 bits per heavy atom. The first-order valence-corrected chi connectivity index (χ1v) is 10.3. The second-order valence-electron chi connectivity index (χ2n) is 6.36. The van der Waals surface area contributed by atoms with Gasteiger partial charge in [0.1, 0.15) is 11.6 Å². The average Bonchev–Trinajstić information content (AvgIpc) is 3.13. The summed E-state index contributed by atoms with van der Waals surface area (Å²) >= 11 is 1.64. The molecule has 0 aliphatic rings. The van der Waals surface area contributed by atoms with Crippen LogP contribution in [-0.4, -0.2) is 34.5 Å². The molecule has 3 rings (SSSR count). The average molecular weight is 423 g/mol. The van der Waals surface area contributed by atoms with Gasteiger partial charge in [-0.2, -0.15) is 24.9 Å². The van der Waals surface area contributed by atoms with E-state index in [0.29, 0.717) is 12.2 Å². The highest BCUT2D eigenvalue weighted by atomic mass is 32.2. The predicted molar refractivity (Wildman–Crippen MR) is 107 cm³/mol. The fourth-order valence-corrected chi connectivity index (χ4v) is 3.27. The molecular formula is C20H20F3N3O2S. The summed E-state index contributed by atoms with van der Waals surface area (Å²) in [4.78, 5) is 20.1. The van der Waals surface area contributed by atoms with Crippen molar-refractivity contribution in [2.75, 3.05) is 18.6 Å². The van der Waals surface area contributed by atoms with E-state index in [4.69, 9.17) is 4.74 Å². The van der Waals surface area contributed by atoms with Crippen LogP contribution in [-0.2, 0) is 11.0 Å². The molecule has 0 spiro atoms. The van der Waals surface area contributed by atoms with Gasteiger partial charge < -0.3 is 15.0 Å². The molecule has 1 atom stereocenters. The van der Waals surface area contributed by atoms with Crippen molar-refractivity contribution in [3.8, 4) is 5.75 Å². The third-order valence-electron chi connectivity index (χ3n) is 4.21. The number of aromatic nitrogens is 2. The van der Waals surface area contributed by atoms with Gasteiger partial charge in [-0.05, 0) is 48.8 Å². The van der Waals surface area contributed by atoms with Crippen LogP contribution >= 0.6 is 11.8 Å². The zero-order valence-corrected chi connectivity index (χ0v) is 16.4. The first kappa shape index (κ1) is 21.0. The molecule has 0 saturated heterocycles. The van der Waals surface area contributed by atoms with Crippen molar-refractivity contribution in [3.63, 3.8) is 0 Å². The Bertz CT molecular complexity index is 942. The zero-order valence-electron chi connectivity index (χ0n) is 15.6. The number of ether oxygens (including phenoxy) is 1. The van der Waals surface area contributed by atoms with Gasteiger partial charge >= 0.3 is 6.18 Å². The molecule has 0 aliphatic carbocycles. The normalized spacial score (nSPS) is 12.7. The molecule has 0 bridgehead atoms. The Morgan fingerprint density at radius 1 is 1.24 bits per heavy atom. The van der Waals surface area contributed by atoms with Crippen molar-refractivity contribution in [2.45, 2.75) is 18.6 Å². The molecule has 29 heavy (non-hydrogen) atoms. The van der Waals surface area contributed by atoms with E-state index >= 15 is 0 Å². The SMILES string of the molecule is CSCCC(NC(=O)COc1cccc(C(F)(F)F)c1)c1nc2ccccc2[nH]1. The van der Waals surface area contributed by atoms with E-state index in [2.05, 4.69) is 15.3 Å². The van der Waals surface area contributed by atoms with E-state index in [0.717, 1.165) is 28.9 Å². The van der Waals surface area contributed by atoms with Crippen LogP contribution in [0.15, 0.2) is 48.5 Å². The van der Waals surface area contributed by atoms with Gasteiger partial charge in [0.2, 0.25) is 0 Å². The summed E-state index contributed by atoms with van der Waals surface area (Å²) < 4.78 is 43.6. The number of carbonyl (C=O) groups excluding carboxylic acids is 1. The number of fused-ring (bicyclic) bond motifs is 1. The van der Waals surface area contributed by atoms with E-state index in [-0.39, 0.29) is 11.8 Å². The molecule has 1 heterocycles. The second kappa shape index (κ2) is 9.21. The van der Waals surface area contributed by atoms with Crippen LogP contribution in [0.3, 0.4) is 0 Å². The van der Waals surface area contributed by atoms with E-state index in [1.54, 1.807) is 11.8 Å². The van der Waals surface area contributed by atoms with E-state index in [1.807, 2.05) is 30.5 Å². The van der Waals surface area contributed by atoms with Gasteiger partial charge in [0, 0.05) is 0 Å². The van der Waals surface area contributed by atoms with Crippen LogP contribution in [0.5, 0.6) is 5.75 Å². The Hall–Kier alpha value is -2.68. The zero-order chi connectivity index (χ0) is 20.9. The molecule has 0 radical (unpaired) electrons. The number of halogens is 3. The molecule has 3 aromatic rings. The monoisotopic (exact) mass is 423 g/mol. The fraction of sp³-hybridized carbons (Fsp3) is 0.300. The number of rotatable bonds is 8. The maximum absolute atomic E-state index is 12.8. The highest BCUT2D eigenvalue weighted by Gasteiger charge is 2.30. The number of H-pyrrole nitrogens is 1. The maximum Gasteiger partial charge on any atom is 0.416 e. The predicted octanol–water partition coefficient (Wildman–Crippen LogP) is 4.57. The maximum atomic E-state index is 12.8. The summed E-state index contributed by atoms with van der Waals surface area (Å²) in [5.74, 6) is 0.984. The third-order valence-corrected chi connectivity index (χ3v) is 4.86. The summed E-state index contributed by atoms with van der Waals surface area (Å²) in [5.41, 5.74) is 0.841. The number of para-hydroxylation sites is 2. The van der Waals surface area contributed by atoms with Gasteiger partial charge in [0.25, 0.3) is 5.91 Å². The molecular weight excluding hydrogens is 403 g/mol. The highest BCUT2D eigenvalue weighted by molar-refractivity contribution is 7.98. The third kappa shape index (κ3) is 5.66. The molecule has 5 nitrogen and oxygen atoms in total. The number of hydrogen-bond donors (Lipinski definition) is 2. The molecule has 154 valence electrons. The van der Waals surface area contributed by atoms with Crippen LogP contribution in [0, 0.1) is 0 Å². The van der Waals surface area contributed by atoms with Crippen LogP contribution in [0.2, 0.25) is 0 Å². The number of imidazole rings is 1. The number of nitrogens with zero attached hydrogens (tertiary/aromatic N) is 1. The van der Waals surface area contributed by atoms with Crippen molar-refractivity contribution in [3.05, 3.63) is 59.9 Å². The number of hydrogen-bond acceptors (Lipinski definition) is 4. The summed E-state index contributed by atoms with van der Waals surface area (Å²) in [5, 5.41) is 2.85. The molecule has 1 amide bonds. The number of benzene rings is 2.